The fourth-order valence-corrected chi connectivity index (χ4v) is 0.786. The lowest BCUT2D eigenvalue weighted by atomic mass is 10.3. The average Bonchev–Trinajstić information content (AvgIpc) is 2.14. The first-order valence-corrected chi connectivity index (χ1v) is 4.05. The molecule has 0 aromatic heterocycles. The molecule has 0 heterocycles. The first-order chi connectivity index (χ1) is 6.02. The van der Waals surface area contributed by atoms with Crippen LogP contribution < -0.4 is 16.6 Å². The predicted octanol–water partition coefficient (Wildman–Crippen LogP) is -0.974. The van der Waals surface area contributed by atoms with Gasteiger partial charge in [-0.3, -0.25) is 10.2 Å². The maximum Gasteiger partial charge on any atom is 0.329 e. The molecule has 0 saturated carbocycles. The van der Waals surface area contributed by atoms with Gasteiger partial charge in [0.15, 0.2) is 0 Å². The summed E-state index contributed by atoms with van der Waals surface area (Å²) >= 11 is 0. The number of nitrogens with zero attached hydrogens (tertiary/aromatic N) is 1. The maximum absolute atomic E-state index is 11.4. The molecule has 0 aliphatic heterocycles. The van der Waals surface area contributed by atoms with Crippen LogP contribution in [0.25, 0.3) is 0 Å². The summed E-state index contributed by atoms with van der Waals surface area (Å²) in [5, 5.41) is 2.38. The van der Waals surface area contributed by atoms with Crippen LogP contribution in [0.15, 0.2) is 0 Å². The van der Waals surface area contributed by atoms with Gasteiger partial charge in [-0.25, -0.2) is 10.6 Å². The van der Waals surface area contributed by atoms with Crippen molar-refractivity contribution in [1.29, 1.82) is 0 Å². The number of hydrazine groups is 1. The van der Waals surface area contributed by atoms with E-state index in [0.717, 1.165) is 0 Å². The molecular formula is C7H16N4O2. The lowest BCUT2D eigenvalue weighted by Gasteiger charge is -2.20. The number of likely N-dealkylation sites (N-methyl/N-ethyl adjacent to an activating group) is 1. The van der Waals surface area contributed by atoms with Crippen molar-refractivity contribution in [2.75, 3.05) is 13.6 Å². The Morgan fingerprint density at radius 2 is 2.08 bits per heavy atom. The molecule has 0 fully saturated rings. The van der Waals surface area contributed by atoms with E-state index in [2.05, 4.69) is 5.32 Å². The SMILES string of the molecule is CCN(C)C(=O)C(C)NC(=O)NN. The Labute approximate surface area is 77.4 Å². The fraction of sp³-hybridized carbons (Fsp3) is 0.714. The number of carbonyl (C=O) groups is 2. The minimum Gasteiger partial charge on any atom is -0.344 e. The quantitative estimate of drug-likeness (QED) is 0.302. The molecule has 1 unspecified atom stereocenters. The molecule has 0 spiro atoms. The molecule has 4 N–H and O–H groups in total. The van der Waals surface area contributed by atoms with Crippen LogP contribution in [0.1, 0.15) is 13.8 Å². The molecule has 1 atom stereocenters. The van der Waals surface area contributed by atoms with Crippen molar-refractivity contribution in [3.05, 3.63) is 0 Å². The van der Waals surface area contributed by atoms with E-state index in [-0.39, 0.29) is 5.91 Å². The lowest BCUT2D eigenvalue weighted by molar-refractivity contribution is -0.131. The zero-order valence-electron chi connectivity index (χ0n) is 8.13. The fourth-order valence-electron chi connectivity index (χ4n) is 0.786. The van der Waals surface area contributed by atoms with E-state index in [9.17, 15) is 9.59 Å². The third kappa shape index (κ3) is 3.75. The number of rotatable bonds is 3. The highest BCUT2D eigenvalue weighted by Gasteiger charge is 2.17. The van der Waals surface area contributed by atoms with Gasteiger partial charge >= 0.3 is 6.03 Å². The third-order valence-electron chi connectivity index (χ3n) is 1.70. The summed E-state index contributed by atoms with van der Waals surface area (Å²) in [6.45, 7) is 4.06. The number of hydrogen-bond acceptors (Lipinski definition) is 3. The monoisotopic (exact) mass is 188 g/mol. The van der Waals surface area contributed by atoms with Crippen molar-refractivity contribution in [3.63, 3.8) is 0 Å². The van der Waals surface area contributed by atoms with Crippen LogP contribution in [0.3, 0.4) is 0 Å². The minimum absolute atomic E-state index is 0.147. The number of amides is 3. The standard InChI is InChI=1S/C7H16N4O2/c1-4-11(3)6(12)5(2)9-7(13)10-8/h5H,4,8H2,1-3H3,(H2,9,10,13). The number of nitrogens with two attached hydrogens (primary N) is 1. The molecule has 0 aromatic carbocycles. The summed E-state index contributed by atoms with van der Waals surface area (Å²) < 4.78 is 0. The molecule has 13 heavy (non-hydrogen) atoms. The number of carbonyl (C=O) groups excluding carboxylic acids is 2. The molecule has 0 aliphatic rings. The highest BCUT2D eigenvalue weighted by Crippen LogP contribution is 1.90. The van der Waals surface area contributed by atoms with Gasteiger partial charge in [0, 0.05) is 13.6 Å². The maximum atomic E-state index is 11.4. The van der Waals surface area contributed by atoms with E-state index in [1.54, 1.807) is 14.0 Å². The second-order valence-electron chi connectivity index (χ2n) is 2.69. The Hall–Kier alpha value is -1.30. The molecule has 0 aromatic rings. The largest absolute Gasteiger partial charge is 0.344 e. The summed E-state index contributed by atoms with van der Waals surface area (Å²) in [4.78, 5) is 23.6. The molecule has 6 heteroatoms. The smallest absolute Gasteiger partial charge is 0.329 e. The lowest BCUT2D eigenvalue weighted by Crippen LogP contribution is -2.50. The Balaban J connectivity index is 4.03. The number of hydrogen-bond donors (Lipinski definition) is 3. The van der Waals surface area contributed by atoms with E-state index in [4.69, 9.17) is 5.84 Å². The van der Waals surface area contributed by atoms with E-state index in [0.29, 0.717) is 6.54 Å². The molecule has 0 radical (unpaired) electrons. The topological polar surface area (TPSA) is 87.5 Å². The Morgan fingerprint density at radius 3 is 2.46 bits per heavy atom. The van der Waals surface area contributed by atoms with E-state index in [1.807, 2.05) is 12.3 Å². The first-order valence-electron chi connectivity index (χ1n) is 4.05. The second-order valence-corrected chi connectivity index (χ2v) is 2.69. The molecule has 76 valence electrons. The predicted molar refractivity (Wildman–Crippen MR) is 48.6 cm³/mol. The highest BCUT2D eigenvalue weighted by atomic mass is 16.2. The van der Waals surface area contributed by atoms with Crippen molar-refractivity contribution >= 4 is 11.9 Å². The Kier molecular flexibility index (Phi) is 4.83. The van der Waals surface area contributed by atoms with Gasteiger partial charge in [0.25, 0.3) is 0 Å². The zero-order chi connectivity index (χ0) is 10.4. The summed E-state index contributed by atoms with van der Waals surface area (Å²) in [6.07, 6.45) is 0. The van der Waals surface area contributed by atoms with Gasteiger partial charge in [-0.05, 0) is 13.8 Å². The van der Waals surface area contributed by atoms with Crippen LogP contribution in [-0.2, 0) is 4.79 Å². The highest BCUT2D eigenvalue weighted by molar-refractivity contribution is 5.86. The van der Waals surface area contributed by atoms with Crippen LogP contribution in [-0.4, -0.2) is 36.5 Å². The number of urea groups is 1. The minimum atomic E-state index is -0.564. The molecular weight excluding hydrogens is 172 g/mol. The Bertz CT molecular complexity index is 195. The van der Waals surface area contributed by atoms with Crippen molar-refractivity contribution in [2.24, 2.45) is 5.84 Å². The third-order valence-corrected chi connectivity index (χ3v) is 1.70. The van der Waals surface area contributed by atoms with Gasteiger partial charge in [0.1, 0.15) is 6.04 Å². The van der Waals surface area contributed by atoms with Gasteiger partial charge in [-0.1, -0.05) is 0 Å². The van der Waals surface area contributed by atoms with Gasteiger partial charge in [0.2, 0.25) is 5.91 Å². The van der Waals surface area contributed by atoms with Crippen LogP contribution in [0, 0.1) is 0 Å². The van der Waals surface area contributed by atoms with E-state index >= 15 is 0 Å². The number of nitrogens with one attached hydrogen (secondary N) is 2. The molecule has 0 saturated heterocycles. The van der Waals surface area contributed by atoms with Gasteiger partial charge in [0.05, 0.1) is 0 Å². The average molecular weight is 188 g/mol. The van der Waals surface area contributed by atoms with Crippen LogP contribution in [0.4, 0.5) is 4.79 Å². The van der Waals surface area contributed by atoms with Crippen LogP contribution in [0.2, 0.25) is 0 Å². The van der Waals surface area contributed by atoms with Crippen molar-refractivity contribution in [2.45, 2.75) is 19.9 Å². The Morgan fingerprint density at radius 1 is 1.54 bits per heavy atom. The summed E-state index contributed by atoms with van der Waals surface area (Å²) in [5.74, 6) is 4.70. The van der Waals surface area contributed by atoms with Crippen molar-refractivity contribution in [3.8, 4) is 0 Å². The summed E-state index contributed by atoms with van der Waals surface area (Å²) in [7, 11) is 1.67. The molecule has 0 bridgehead atoms. The molecule has 0 rings (SSSR count). The summed E-state index contributed by atoms with van der Waals surface area (Å²) in [6, 6.07) is -1.13. The zero-order valence-corrected chi connectivity index (χ0v) is 8.13. The van der Waals surface area contributed by atoms with Gasteiger partial charge in [-0.2, -0.15) is 0 Å². The van der Waals surface area contributed by atoms with Gasteiger partial charge in [-0.15, -0.1) is 0 Å². The first kappa shape index (κ1) is 11.7. The van der Waals surface area contributed by atoms with Crippen LogP contribution in [0.5, 0.6) is 0 Å². The van der Waals surface area contributed by atoms with Gasteiger partial charge < -0.3 is 10.2 Å². The van der Waals surface area contributed by atoms with Crippen LogP contribution >= 0.6 is 0 Å². The second kappa shape index (κ2) is 5.36. The summed E-state index contributed by atoms with van der Waals surface area (Å²) in [5.41, 5.74) is 1.89. The molecule has 6 nitrogen and oxygen atoms in total. The van der Waals surface area contributed by atoms with E-state index in [1.165, 1.54) is 4.90 Å². The molecule has 3 amide bonds. The van der Waals surface area contributed by atoms with Crippen molar-refractivity contribution in [1.82, 2.24) is 15.6 Å². The van der Waals surface area contributed by atoms with Crippen molar-refractivity contribution < 1.29 is 9.59 Å². The molecule has 0 aliphatic carbocycles. The normalized spacial score (nSPS) is 11.7. The van der Waals surface area contributed by atoms with E-state index < -0.39 is 12.1 Å².